The van der Waals surface area contributed by atoms with Crippen LogP contribution in [0, 0.1) is 6.92 Å². The van der Waals surface area contributed by atoms with Gasteiger partial charge in [0.05, 0.1) is 15.9 Å². The molecule has 2 aromatic heterocycles. The lowest BCUT2D eigenvalue weighted by molar-refractivity contribution is 0.513. The van der Waals surface area contributed by atoms with Crippen molar-refractivity contribution in [3.63, 3.8) is 0 Å². The van der Waals surface area contributed by atoms with E-state index in [2.05, 4.69) is 34.7 Å². The van der Waals surface area contributed by atoms with Crippen LogP contribution in [0.25, 0.3) is 9.88 Å². The molecule has 0 aliphatic heterocycles. The standard InChI is InChI=1S/C13H18ClN3S2/c1-4-6-15-9(5-2)12-16-17-13(19-12)11-10(14)8(3)7-18-11/h7,9,15H,4-6H2,1-3H3. The molecule has 0 aliphatic carbocycles. The van der Waals surface area contributed by atoms with Gasteiger partial charge in [-0.2, -0.15) is 0 Å². The second-order valence-corrected chi connectivity index (χ2v) is 6.69. The first-order valence-electron chi connectivity index (χ1n) is 6.48. The fourth-order valence-corrected chi connectivity index (χ4v) is 4.20. The lowest BCUT2D eigenvalue weighted by Gasteiger charge is -2.12. The summed E-state index contributed by atoms with van der Waals surface area (Å²) in [6, 6.07) is 0.297. The molecule has 0 fully saturated rings. The molecule has 3 nitrogen and oxygen atoms in total. The Morgan fingerprint density at radius 1 is 1.37 bits per heavy atom. The minimum Gasteiger partial charge on any atom is -0.308 e. The molecule has 2 aromatic rings. The molecule has 2 heterocycles. The second kappa shape index (κ2) is 6.79. The molecule has 1 unspecified atom stereocenters. The average Bonchev–Trinajstić information content (AvgIpc) is 3.00. The van der Waals surface area contributed by atoms with Gasteiger partial charge in [0, 0.05) is 0 Å². The molecule has 104 valence electrons. The van der Waals surface area contributed by atoms with E-state index < -0.39 is 0 Å². The fraction of sp³-hybridized carbons (Fsp3) is 0.538. The molecule has 0 spiro atoms. The number of nitrogens with one attached hydrogen (secondary N) is 1. The maximum Gasteiger partial charge on any atom is 0.159 e. The van der Waals surface area contributed by atoms with Crippen LogP contribution >= 0.6 is 34.3 Å². The monoisotopic (exact) mass is 315 g/mol. The van der Waals surface area contributed by atoms with Gasteiger partial charge in [-0.15, -0.1) is 21.5 Å². The van der Waals surface area contributed by atoms with Crippen LogP contribution in [0.5, 0.6) is 0 Å². The van der Waals surface area contributed by atoms with Crippen molar-refractivity contribution in [3.05, 3.63) is 21.0 Å². The van der Waals surface area contributed by atoms with Crippen molar-refractivity contribution in [1.29, 1.82) is 0 Å². The first-order valence-corrected chi connectivity index (χ1v) is 8.55. The number of aryl methyl sites for hydroxylation is 1. The van der Waals surface area contributed by atoms with Crippen molar-refractivity contribution in [2.24, 2.45) is 0 Å². The lowest BCUT2D eigenvalue weighted by Crippen LogP contribution is -2.21. The predicted molar refractivity (Wildman–Crippen MR) is 84.3 cm³/mol. The summed E-state index contributed by atoms with van der Waals surface area (Å²) < 4.78 is 0. The van der Waals surface area contributed by atoms with Crippen LogP contribution in [0.3, 0.4) is 0 Å². The summed E-state index contributed by atoms with van der Waals surface area (Å²) in [5.41, 5.74) is 1.11. The van der Waals surface area contributed by atoms with Crippen molar-refractivity contribution in [2.45, 2.75) is 39.7 Å². The molecule has 0 aliphatic rings. The van der Waals surface area contributed by atoms with Crippen LogP contribution < -0.4 is 5.32 Å². The zero-order chi connectivity index (χ0) is 13.8. The Labute approximate surface area is 127 Å². The molecule has 0 saturated heterocycles. The molecule has 0 bridgehead atoms. The van der Waals surface area contributed by atoms with Gasteiger partial charge in [-0.25, -0.2) is 0 Å². The van der Waals surface area contributed by atoms with Gasteiger partial charge in [0.1, 0.15) is 5.01 Å². The Bertz CT molecular complexity index is 536. The van der Waals surface area contributed by atoms with E-state index in [1.807, 2.05) is 6.92 Å². The van der Waals surface area contributed by atoms with Gasteiger partial charge in [-0.1, -0.05) is 36.8 Å². The maximum absolute atomic E-state index is 6.28. The summed E-state index contributed by atoms with van der Waals surface area (Å²) in [4.78, 5) is 1.04. The highest BCUT2D eigenvalue weighted by atomic mass is 35.5. The summed E-state index contributed by atoms with van der Waals surface area (Å²) in [7, 11) is 0. The van der Waals surface area contributed by atoms with Gasteiger partial charge in [0.15, 0.2) is 5.01 Å². The minimum atomic E-state index is 0.297. The van der Waals surface area contributed by atoms with Gasteiger partial charge < -0.3 is 5.32 Å². The Kier molecular flexibility index (Phi) is 5.33. The molecule has 6 heteroatoms. The SMILES string of the molecule is CCCNC(CC)c1nnc(-c2scc(C)c2Cl)s1. The zero-order valence-electron chi connectivity index (χ0n) is 11.4. The average molecular weight is 316 g/mol. The molecular formula is C13H18ClN3S2. The summed E-state index contributed by atoms with van der Waals surface area (Å²) in [6.07, 6.45) is 2.14. The van der Waals surface area contributed by atoms with E-state index in [-0.39, 0.29) is 0 Å². The molecule has 1 N–H and O–H groups in total. The van der Waals surface area contributed by atoms with Crippen molar-refractivity contribution < 1.29 is 0 Å². The van der Waals surface area contributed by atoms with Crippen LogP contribution in [0.4, 0.5) is 0 Å². The van der Waals surface area contributed by atoms with E-state index in [0.29, 0.717) is 6.04 Å². The van der Waals surface area contributed by atoms with Crippen LogP contribution in [-0.4, -0.2) is 16.7 Å². The highest BCUT2D eigenvalue weighted by molar-refractivity contribution is 7.21. The second-order valence-electron chi connectivity index (χ2n) is 4.42. The summed E-state index contributed by atoms with van der Waals surface area (Å²) >= 11 is 9.56. The molecule has 0 saturated carbocycles. The Balaban J connectivity index is 2.20. The molecule has 1 atom stereocenters. The number of hydrogen-bond acceptors (Lipinski definition) is 5. The van der Waals surface area contributed by atoms with Crippen molar-refractivity contribution in [3.8, 4) is 9.88 Å². The van der Waals surface area contributed by atoms with Crippen LogP contribution in [0.1, 0.15) is 43.3 Å². The molecule has 2 rings (SSSR count). The van der Waals surface area contributed by atoms with Crippen molar-refractivity contribution in [2.75, 3.05) is 6.54 Å². The van der Waals surface area contributed by atoms with Gasteiger partial charge >= 0.3 is 0 Å². The largest absolute Gasteiger partial charge is 0.308 e. The molecule has 0 aromatic carbocycles. The van der Waals surface area contributed by atoms with Crippen molar-refractivity contribution >= 4 is 34.3 Å². The molecule has 19 heavy (non-hydrogen) atoms. The maximum atomic E-state index is 6.28. The van der Waals surface area contributed by atoms with Crippen LogP contribution in [-0.2, 0) is 0 Å². The number of rotatable bonds is 6. The highest BCUT2D eigenvalue weighted by Crippen LogP contribution is 2.38. The molecule has 0 amide bonds. The van der Waals surface area contributed by atoms with E-state index in [4.69, 9.17) is 11.6 Å². The third-order valence-corrected chi connectivity index (χ3v) is 5.77. The Morgan fingerprint density at radius 3 is 2.74 bits per heavy atom. The third-order valence-electron chi connectivity index (χ3n) is 2.88. The quantitative estimate of drug-likeness (QED) is 0.841. The van der Waals surface area contributed by atoms with Gasteiger partial charge in [0.2, 0.25) is 0 Å². The smallest absolute Gasteiger partial charge is 0.159 e. The highest BCUT2D eigenvalue weighted by Gasteiger charge is 2.18. The minimum absolute atomic E-state index is 0.297. The summed E-state index contributed by atoms with van der Waals surface area (Å²) in [5, 5.41) is 17.0. The van der Waals surface area contributed by atoms with Gasteiger partial charge in [-0.3, -0.25) is 0 Å². The Morgan fingerprint density at radius 2 is 2.16 bits per heavy atom. The zero-order valence-corrected chi connectivity index (χ0v) is 13.8. The summed E-state index contributed by atoms with van der Waals surface area (Å²) in [5.74, 6) is 0. The fourth-order valence-electron chi connectivity index (χ4n) is 1.77. The lowest BCUT2D eigenvalue weighted by atomic mass is 10.2. The van der Waals surface area contributed by atoms with Gasteiger partial charge in [0.25, 0.3) is 0 Å². The van der Waals surface area contributed by atoms with Crippen molar-refractivity contribution in [1.82, 2.24) is 15.5 Å². The summed E-state index contributed by atoms with van der Waals surface area (Å²) in [6.45, 7) is 7.35. The van der Waals surface area contributed by atoms with Crippen LogP contribution in [0.2, 0.25) is 5.02 Å². The third kappa shape index (κ3) is 3.34. The van der Waals surface area contributed by atoms with E-state index in [0.717, 1.165) is 44.9 Å². The van der Waals surface area contributed by atoms with Crippen LogP contribution in [0.15, 0.2) is 5.38 Å². The molecule has 0 radical (unpaired) electrons. The van der Waals surface area contributed by atoms with E-state index >= 15 is 0 Å². The topological polar surface area (TPSA) is 37.8 Å². The Hall–Kier alpha value is -0.490. The number of hydrogen-bond donors (Lipinski definition) is 1. The number of nitrogens with zero attached hydrogens (tertiary/aromatic N) is 2. The normalized spacial score (nSPS) is 12.8. The number of aromatic nitrogens is 2. The predicted octanol–water partition coefficient (Wildman–Crippen LogP) is 4.68. The first kappa shape index (κ1) is 14.9. The molecular weight excluding hydrogens is 298 g/mol. The van der Waals surface area contributed by atoms with E-state index in [9.17, 15) is 0 Å². The first-order chi connectivity index (χ1) is 9.17. The number of thiophene rings is 1. The number of halogens is 1. The van der Waals surface area contributed by atoms with E-state index in [1.54, 1.807) is 22.7 Å². The van der Waals surface area contributed by atoms with E-state index in [1.165, 1.54) is 0 Å². The van der Waals surface area contributed by atoms with Gasteiger partial charge in [-0.05, 0) is 37.3 Å².